The molecule has 0 aromatic heterocycles. The average Bonchev–Trinajstić information content (AvgIpc) is 2.46. The topological polar surface area (TPSA) is 12.0 Å². The molecule has 0 heterocycles. The molecule has 106 valence electrons. The van der Waals surface area contributed by atoms with Crippen molar-refractivity contribution in [2.75, 3.05) is 6.26 Å². The SMILES string of the molecule is CCC(NC1CCC(SC)CC1)c1ccccc1F. The molecule has 1 fully saturated rings. The zero-order valence-corrected chi connectivity index (χ0v) is 12.7. The lowest BCUT2D eigenvalue weighted by Crippen LogP contribution is -2.36. The Hall–Kier alpha value is -0.540. The Bertz CT molecular complexity index is 388. The minimum atomic E-state index is -0.0837. The molecule has 1 aliphatic carbocycles. The van der Waals surface area contributed by atoms with Gasteiger partial charge in [0.1, 0.15) is 5.82 Å². The monoisotopic (exact) mass is 281 g/mol. The van der Waals surface area contributed by atoms with Gasteiger partial charge >= 0.3 is 0 Å². The minimum absolute atomic E-state index is 0.0837. The summed E-state index contributed by atoms with van der Waals surface area (Å²) in [6.45, 7) is 2.12. The number of hydrogen-bond donors (Lipinski definition) is 1. The number of nitrogens with one attached hydrogen (secondary N) is 1. The molecule has 0 spiro atoms. The number of benzene rings is 1. The Labute approximate surface area is 120 Å². The zero-order chi connectivity index (χ0) is 13.7. The summed E-state index contributed by atoms with van der Waals surface area (Å²) in [5, 5.41) is 4.48. The molecule has 3 heteroatoms. The van der Waals surface area contributed by atoms with Crippen LogP contribution in [0.3, 0.4) is 0 Å². The third kappa shape index (κ3) is 3.96. The quantitative estimate of drug-likeness (QED) is 0.850. The lowest BCUT2D eigenvalue weighted by Gasteiger charge is -2.31. The van der Waals surface area contributed by atoms with E-state index in [1.807, 2.05) is 23.9 Å². The fourth-order valence-electron chi connectivity index (χ4n) is 2.93. The molecule has 1 saturated carbocycles. The molecule has 1 N–H and O–H groups in total. The van der Waals surface area contributed by atoms with Crippen molar-refractivity contribution in [1.82, 2.24) is 5.32 Å². The Balaban J connectivity index is 1.95. The molecule has 1 aromatic carbocycles. The van der Waals surface area contributed by atoms with Crippen LogP contribution in [-0.2, 0) is 0 Å². The van der Waals surface area contributed by atoms with Gasteiger partial charge in [-0.2, -0.15) is 11.8 Å². The van der Waals surface area contributed by atoms with E-state index in [1.165, 1.54) is 25.7 Å². The van der Waals surface area contributed by atoms with E-state index < -0.39 is 0 Å². The van der Waals surface area contributed by atoms with Crippen molar-refractivity contribution in [3.63, 3.8) is 0 Å². The van der Waals surface area contributed by atoms with Gasteiger partial charge in [0.15, 0.2) is 0 Å². The van der Waals surface area contributed by atoms with Crippen molar-refractivity contribution < 1.29 is 4.39 Å². The van der Waals surface area contributed by atoms with Crippen molar-refractivity contribution in [2.24, 2.45) is 0 Å². The number of hydrogen-bond acceptors (Lipinski definition) is 2. The van der Waals surface area contributed by atoms with Gasteiger partial charge in [-0.3, -0.25) is 0 Å². The van der Waals surface area contributed by atoms with Gasteiger partial charge in [-0.15, -0.1) is 0 Å². The van der Waals surface area contributed by atoms with Crippen molar-refractivity contribution in [3.8, 4) is 0 Å². The summed E-state index contributed by atoms with van der Waals surface area (Å²) in [5.74, 6) is -0.0837. The van der Waals surface area contributed by atoms with Gasteiger partial charge in [0.05, 0.1) is 0 Å². The molecular weight excluding hydrogens is 257 g/mol. The lowest BCUT2D eigenvalue weighted by molar-refractivity contribution is 0.334. The third-order valence-electron chi connectivity index (χ3n) is 4.13. The van der Waals surface area contributed by atoms with Crippen LogP contribution in [0.1, 0.15) is 50.6 Å². The first-order valence-electron chi connectivity index (χ1n) is 7.27. The first-order chi connectivity index (χ1) is 9.24. The van der Waals surface area contributed by atoms with E-state index in [0.717, 1.165) is 17.2 Å². The molecule has 1 aromatic rings. The smallest absolute Gasteiger partial charge is 0.127 e. The first kappa shape index (κ1) is 14.9. The van der Waals surface area contributed by atoms with E-state index >= 15 is 0 Å². The summed E-state index contributed by atoms with van der Waals surface area (Å²) in [7, 11) is 0. The molecule has 0 radical (unpaired) electrons. The van der Waals surface area contributed by atoms with Gasteiger partial charge in [0, 0.05) is 22.9 Å². The van der Waals surface area contributed by atoms with Crippen molar-refractivity contribution >= 4 is 11.8 Å². The molecule has 19 heavy (non-hydrogen) atoms. The second-order valence-electron chi connectivity index (χ2n) is 5.36. The van der Waals surface area contributed by atoms with Crippen LogP contribution in [0.2, 0.25) is 0 Å². The molecule has 0 bridgehead atoms. The lowest BCUT2D eigenvalue weighted by atomic mass is 9.93. The van der Waals surface area contributed by atoms with E-state index in [4.69, 9.17) is 0 Å². The maximum absolute atomic E-state index is 13.9. The highest BCUT2D eigenvalue weighted by atomic mass is 32.2. The Morgan fingerprint density at radius 2 is 1.95 bits per heavy atom. The molecule has 1 aliphatic rings. The number of thioether (sulfide) groups is 1. The second kappa shape index (κ2) is 7.30. The molecular formula is C16H24FNS. The normalized spacial score (nSPS) is 25.2. The van der Waals surface area contributed by atoms with E-state index in [0.29, 0.717) is 6.04 Å². The molecule has 0 aliphatic heterocycles. The Morgan fingerprint density at radius 1 is 1.26 bits per heavy atom. The van der Waals surface area contributed by atoms with E-state index in [9.17, 15) is 4.39 Å². The van der Waals surface area contributed by atoms with Crippen molar-refractivity contribution in [3.05, 3.63) is 35.6 Å². The standard InChI is InChI=1S/C16H24FNS/c1-3-16(14-6-4-5-7-15(14)17)18-12-8-10-13(19-2)11-9-12/h4-7,12-13,16,18H,3,8-11H2,1-2H3. The Kier molecular flexibility index (Phi) is 5.71. The molecule has 1 unspecified atom stereocenters. The van der Waals surface area contributed by atoms with Crippen molar-refractivity contribution in [2.45, 2.75) is 56.4 Å². The predicted octanol–water partition coefficient (Wildman–Crippen LogP) is 4.54. The first-order valence-corrected chi connectivity index (χ1v) is 8.56. The van der Waals surface area contributed by atoms with Crippen molar-refractivity contribution in [1.29, 1.82) is 0 Å². The highest BCUT2D eigenvalue weighted by Gasteiger charge is 2.23. The fourth-order valence-corrected chi connectivity index (χ4v) is 3.68. The van der Waals surface area contributed by atoms with Crippen LogP contribution >= 0.6 is 11.8 Å². The van der Waals surface area contributed by atoms with Crippen LogP contribution in [0.25, 0.3) is 0 Å². The van der Waals surface area contributed by atoms with Gasteiger partial charge in [-0.1, -0.05) is 25.1 Å². The van der Waals surface area contributed by atoms with Crippen LogP contribution in [0.15, 0.2) is 24.3 Å². The summed E-state index contributed by atoms with van der Waals surface area (Å²) in [5.41, 5.74) is 0.817. The molecule has 0 amide bonds. The molecule has 1 atom stereocenters. The number of rotatable bonds is 5. The summed E-state index contributed by atoms with van der Waals surface area (Å²) in [4.78, 5) is 0. The van der Waals surface area contributed by atoms with E-state index in [-0.39, 0.29) is 11.9 Å². The number of halogens is 1. The van der Waals surface area contributed by atoms with E-state index in [1.54, 1.807) is 12.1 Å². The maximum Gasteiger partial charge on any atom is 0.127 e. The summed E-state index contributed by atoms with van der Waals surface area (Å²) >= 11 is 1.98. The second-order valence-corrected chi connectivity index (χ2v) is 6.50. The largest absolute Gasteiger partial charge is 0.307 e. The average molecular weight is 281 g/mol. The van der Waals surface area contributed by atoms with Gasteiger partial charge in [-0.05, 0) is 44.4 Å². The molecule has 1 nitrogen and oxygen atoms in total. The summed E-state index contributed by atoms with van der Waals surface area (Å²) in [6, 6.07) is 7.85. The van der Waals surface area contributed by atoms with E-state index in [2.05, 4.69) is 18.5 Å². The highest BCUT2D eigenvalue weighted by molar-refractivity contribution is 7.99. The third-order valence-corrected chi connectivity index (χ3v) is 5.27. The Morgan fingerprint density at radius 3 is 2.53 bits per heavy atom. The van der Waals surface area contributed by atoms with Crippen LogP contribution in [-0.4, -0.2) is 17.5 Å². The highest BCUT2D eigenvalue weighted by Crippen LogP contribution is 2.29. The van der Waals surface area contributed by atoms with Crippen LogP contribution in [0.5, 0.6) is 0 Å². The van der Waals surface area contributed by atoms with Crippen LogP contribution in [0.4, 0.5) is 4.39 Å². The van der Waals surface area contributed by atoms with Gasteiger partial charge in [0.2, 0.25) is 0 Å². The molecule has 2 rings (SSSR count). The summed E-state index contributed by atoms with van der Waals surface area (Å²) < 4.78 is 13.9. The minimum Gasteiger partial charge on any atom is -0.307 e. The maximum atomic E-state index is 13.9. The van der Waals surface area contributed by atoms with Crippen LogP contribution < -0.4 is 5.32 Å². The van der Waals surface area contributed by atoms with Gasteiger partial charge in [0.25, 0.3) is 0 Å². The zero-order valence-electron chi connectivity index (χ0n) is 11.9. The molecule has 0 saturated heterocycles. The fraction of sp³-hybridized carbons (Fsp3) is 0.625. The van der Waals surface area contributed by atoms with Gasteiger partial charge in [-0.25, -0.2) is 4.39 Å². The predicted molar refractivity (Wildman–Crippen MR) is 82.1 cm³/mol. The van der Waals surface area contributed by atoms with Gasteiger partial charge < -0.3 is 5.32 Å². The summed E-state index contributed by atoms with van der Waals surface area (Å²) in [6.07, 6.45) is 8.14. The van der Waals surface area contributed by atoms with Crippen LogP contribution in [0, 0.1) is 5.82 Å².